The van der Waals surface area contributed by atoms with Crippen LogP contribution in [-0.4, -0.2) is 42.2 Å². The quantitative estimate of drug-likeness (QED) is 0.671. The molecule has 0 aliphatic carbocycles. The van der Waals surface area contributed by atoms with Crippen LogP contribution in [0.5, 0.6) is 0 Å². The summed E-state index contributed by atoms with van der Waals surface area (Å²) in [5.41, 5.74) is -4.85. The highest BCUT2D eigenvalue weighted by atomic mass is 19.4. The summed E-state index contributed by atoms with van der Waals surface area (Å²) in [6.07, 6.45) is -10.2. The highest BCUT2D eigenvalue weighted by Gasteiger charge is 2.41. The summed E-state index contributed by atoms with van der Waals surface area (Å²) in [6.45, 7) is -0.824. The van der Waals surface area contributed by atoms with Crippen molar-refractivity contribution in [3.63, 3.8) is 0 Å². The number of carbonyl (C=O) groups is 1. The number of nitrogens with zero attached hydrogens (tertiary/aromatic N) is 1. The fourth-order valence-electron chi connectivity index (χ4n) is 3.62. The van der Waals surface area contributed by atoms with Gasteiger partial charge in [0, 0.05) is 25.1 Å². The zero-order valence-electron chi connectivity index (χ0n) is 16.4. The SMILES string of the molecule is O=C(c1cc(C(F)(F)F)cc(C(F)(F)F)c1)N1CCOC(CCO)(c2ccc(F)cc2)C1. The second-order valence-electron chi connectivity index (χ2n) is 7.34. The Morgan fingerprint density at radius 1 is 1.00 bits per heavy atom. The molecule has 0 radical (unpaired) electrons. The van der Waals surface area contributed by atoms with Gasteiger partial charge in [-0.15, -0.1) is 0 Å². The summed E-state index contributed by atoms with van der Waals surface area (Å²) in [5.74, 6) is -1.59. The van der Waals surface area contributed by atoms with E-state index in [9.17, 15) is 40.6 Å². The van der Waals surface area contributed by atoms with Crippen LogP contribution in [0.2, 0.25) is 0 Å². The molecule has 1 heterocycles. The number of alkyl halides is 6. The lowest BCUT2D eigenvalue weighted by Gasteiger charge is -2.43. The molecule has 1 amide bonds. The van der Waals surface area contributed by atoms with Gasteiger partial charge in [0.2, 0.25) is 0 Å². The Morgan fingerprint density at radius 3 is 2.06 bits per heavy atom. The Hall–Kier alpha value is -2.66. The summed E-state index contributed by atoms with van der Waals surface area (Å²) < 4.78 is 98.0. The van der Waals surface area contributed by atoms with E-state index in [0.717, 1.165) is 17.0 Å². The summed E-state index contributed by atoms with van der Waals surface area (Å²) in [4.78, 5) is 14.0. The van der Waals surface area contributed by atoms with Crippen LogP contribution in [0.25, 0.3) is 0 Å². The van der Waals surface area contributed by atoms with Crippen molar-refractivity contribution in [2.75, 3.05) is 26.3 Å². The third kappa shape index (κ3) is 5.04. The third-order valence-electron chi connectivity index (χ3n) is 5.19. The summed E-state index contributed by atoms with van der Waals surface area (Å²) in [7, 11) is 0. The zero-order valence-corrected chi connectivity index (χ0v) is 16.4. The maximum absolute atomic E-state index is 13.3. The molecule has 3 rings (SSSR count). The van der Waals surface area contributed by atoms with Crippen LogP contribution in [0.1, 0.15) is 33.5 Å². The summed E-state index contributed by atoms with van der Waals surface area (Å²) in [5, 5.41) is 9.49. The largest absolute Gasteiger partial charge is 0.416 e. The molecule has 1 atom stereocenters. The number of benzene rings is 2. The van der Waals surface area contributed by atoms with E-state index in [4.69, 9.17) is 4.74 Å². The molecule has 174 valence electrons. The van der Waals surface area contributed by atoms with E-state index in [-0.39, 0.29) is 38.8 Å². The van der Waals surface area contributed by atoms with Crippen molar-refractivity contribution in [1.82, 2.24) is 4.90 Å². The first-order chi connectivity index (χ1) is 14.9. The molecule has 0 spiro atoms. The molecule has 1 aliphatic heterocycles. The van der Waals surface area contributed by atoms with Crippen molar-refractivity contribution in [1.29, 1.82) is 0 Å². The van der Waals surface area contributed by atoms with E-state index < -0.39 is 46.4 Å². The number of aliphatic hydroxyl groups excluding tert-OH is 1. The highest BCUT2D eigenvalue weighted by molar-refractivity contribution is 5.95. The van der Waals surface area contributed by atoms with Crippen molar-refractivity contribution < 1.29 is 45.4 Å². The zero-order chi connectivity index (χ0) is 23.7. The van der Waals surface area contributed by atoms with E-state index in [1.54, 1.807) is 0 Å². The number of aliphatic hydroxyl groups is 1. The molecule has 4 nitrogen and oxygen atoms in total. The Bertz CT molecular complexity index is 937. The maximum Gasteiger partial charge on any atom is 0.416 e. The average Bonchev–Trinajstić information content (AvgIpc) is 2.72. The molecular formula is C21H18F7NO3. The minimum atomic E-state index is -5.09. The lowest BCUT2D eigenvalue weighted by atomic mass is 9.88. The normalized spacial score (nSPS) is 19.8. The number of rotatable bonds is 4. The van der Waals surface area contributed by atoms with Gasteiger partial charge < -0.3 is 14.7 Å². The van der Waals surface area contributed by atoms with Crippen LogP contribution in [0.4, 0.5) is 30.7 Å². The average molecular weight is 465 g/mol. The molecule has 0 aromatic heterocycles. The Balaban J connectivity index is 1.99. The van der Waals surface area contributed by atoms with Crippen LogP contribution in [0.3, 0.4) is 0 Å². The number of hydrogen-bond donors (Lipinski definition) is 1. The number of hydrogen-bond acceptors (Lipinski definition) is 3. The second-order valence-corrected chi connectivity index (χ2v) is 7.34. The summed E-state index contributed by atoms with van der Waals surface area (Å²) in [6, 6.07) is 5.74. The van der Waals surface area contributed by atoms with Crippen molar-refractivity contribution in [2.45, 2.75) is 24.4 Å². The van der Waals surface area contributed by atoms with Crippen LogP contribution in [-0.2, 0) is 22.7 Å². The van der Waals surface area contributed by atoms with Gasteiger partial charge in [0.1, 0.15) is 11.4 Å². The van der Waals surface area contributed by atoms with Crippen molar-refractivity contribution in [3.8, 4) is 0 Å². The number of amides is 1. The number of ether oxygens (including phenoxy) is 1. The van der Waals surface area contributed by atoms with E-state index in [1.807, 2.05) is 0 Å². The van der Waals surface area contributed by atoms with Crippen LogP contribution in [0, 0.1) is 5.82 Å². The molecule has 2 aromatic carbocycles. The summed E-state index contributed by atoms with van der Waals surface area (Å²) >= 11 is 0. The lowest BCUT2D eigenvalue weighted by Crippen LogP contribution is -2.52. The van der Waals surface area contributed by atoms with Gasteiger partial charge in [0.05, 0.1) is 24.3 Å². The fourth-order valence-corrected chi connectivity index (χ4v) is 3.62. The van der Waals surface area contributed by atoms with E-state index in [2.05, 4.69) is 0 Å². The lowest BCUT2D eigenvalue weighted by molar-refractivity contribution is -0.143. The molecule has 1 fully saturated rings. The molecule has 1 unspecified atom stereocenters. The minimum absolute atomic E-state index is 0.0290. The molecule has 11 heteroatoms. The molecule has 1 N–H and O–H groups in total. The van der Waals surface area contributed by atoms with Gasteiger partial charge in [0.25, 0.3) is 5.91 Å². The van der Waals surface area contributed by atoms with E-state index in [0.29, 0.717) is 17.7 Å². The monoisotopic (exact) mass is 465 g/mol. The standard InChI is InChI=1S/C21H18F7NO3/c22-17-3-1-14(2-4-17)19(5-7-30)12-29(6-8-32-19)18(31)13-9-15(20(23,24)25)11-16(10-13)21(26,27)28/h1-4,9-11,30H,5-8,12H2. The van der Waals surface area contributed by atoms with E-state index in [1.165, 1.54) is 12.1 Å². The Kier molecular flexibility index (Phi) is 6.52. The Labute approximate surface area is 178 Å². The van der Waals surface area contributed by atoms with Crippen LogP contribution in [0.15, 0.2) is 42.5 Å². The van der Waals surface area contributed by atoms with Gasteiger partial charge in [-0.05, 0) is 35.9 Å². The van der Waals surface area contributed by atoms with Crippen molar-refractivity contribution in [2.24, 2.45) is 0 Å². The van der Waals surface area contributed by atoms with Gasteiger partial charge in [0.15, 0.2) is 0 Å². The molecule has 1 aliphatic rings. The molecule has 2 aromatic rings. The van der Waals surface area contributed by atoms with Gasteiger partial charge in [-0.3, -0.25) is 4.79 Å². The number of halogens is 7. The van der Waals surface area contributed by atoms with Gasteiger partial charge >= 0.3 is 12.4 Å². The van der Waals surface area contributed by atoms with Crippen LogP contribution >= 0.6 is 0 Å². The number of morpholine rings is 1. The van der Waals surface area contributed by atoms with Gasteiger partial charge in [-0.1, -0.05) is 12.1 Å². The third-order valence-corrected chi connectivity index (χ3v) is 5.19. The first-order valence-electron chi connectivity index (χ1n) is 9.45. The minimum Gasteiger partial charge on any atom is -0.396 e. The smallest absolute Gasteiger partial charge is 0.396 e. The fraction of sp³-hybridized carbons (Fsp3) is 0.381. The molecular weight excluding hydrogens is 447 g/mol. The van der Waals surface area contributed by atoms with Crippen molar-refractivity contribution in [3.05, 3.63) is 70.5 Å². The molecule has 1 saturated heterocycles. The number of carbonyl (C=O) groups excluding carboxylic acids is 1. The predicted octanol–water partition coefficient (Wildman–Crippen LogP) is 4.61. The second kappa shape index (κ2) is 8.70. The van der Waals surface area contributed by atoms with Gasteiger partial charge in [-0.2, -0.15) is 26.3 Å². The van der Waals surface area contributed by atoms with Gasteiger partial charge in [-0.25, -0.2) is 4.39 Å². The van der Waals surface area contributed by atoms with E-state index >= 15 is 0 Å². The topological polar surface area (TPSA) is 49.8 Å². The predicted molar refractivity (Wildman–Crippen MR) is 98.1 cm³/mol. The molecule has 32 heavy (non-hydrogen) atoms. The highest BCUT2D eigenvalue weighted by Crippen LogP contribution is 2.38. The molecule has 0 saturated carbocycles. The van der Waals surface area contributed by atoms with Crippen LogP contribution < -0.4 is 0 Å². The Morgan fingerprint density at radius 2 is 1.56 bits per heavy atom. The van der Waals surface area contributed by atoms with Crippen molar-refractivity contribution >= 4 is 5.91 Å². The first kappa shape index (κ1) is 24.0. The molecule has 0 bridgehead atoms. The first-order valence-corrected chi connectivity index (χ1v) is 9.45. The maximum atomic E-state index is 13.3.